The molecule has 1 atom stereocenters. The number of hydrogen-bond acceptors (Lipinski definition) is 2. The molecule has 0 fully saturated rings. The maximum absolute atomic E-state index is 4.17. The molecule has 0 aliphatic carbocycles. The summed E-state index contributed by atoms with van der Waals surface area (Å²) in [6.45, 7) is 2.13. The lowest BCUT2D eigenvalue weighted by molar-refractivity contribution is 0.928. The Hall–Kier alpha value is -2.59. The van der Waals surface area contributed by atoms with Gasteiger partial charge in [-0.15, -0.1) is 0 Å². The summed E-state index contributed by atoms with van der Waals surface area (Å²) in [5, 5.41) is 4.93. The molecule has 0 amide bonds. The lowest BCUT2D eigenvalue weighted by atomic mass is 9.96. The second kappa shape index (κ2) is 6.73. The summed E-state index contributed by atoms with van der Waals surface area (Å²) in [6.07, 6.45) is 3.69. The number of H-pyrrole nitrogens is 1. The van der Waals surface area contributed by atoms with Gasteiger partial charge in [-0.25, -0.2) is 0 Å². The zero-order valence-corrected chi connectivity index (χ0v) is 15.4. The van der Waals surface area contributed by atoms with Crippen molar-refractivity contribution in [3.8, 4) is 0 Å². The van der Waals surface area contributed by atoms with Crippen molar-refractivity contribution in [2.75, 3.05) is 5.32 Å². The highest BCUT2D eigenvalue weighted by molar-refractivity contribution is 9.10. The summed E-state index contributed by atoms with van der Waals surface area (Å²) in [5.41, 5.74) is 5.87. The standard InChI is InChI=1S/C21H18BrN3/c1-14-20(18-4-2-3-5-19(18)24-14)21(15-10-12-23-13-11-15)25-17-8-6-16(22)7-9-17/h2-13,21,24-25H,1H3/t21-/m0/s1. The van der Waals surface area contributed by atoms with E-state index >= 15 is 0 Å². The zero-order chi connectivity index (χ0) is 17.2. The van der Waals surface area contributed by atoms with E-state index in [1.54, 1.807) is 0 Å². The second-order valence-electron chi connectivity index (χ2n) is 6.07. The van der Waals surface area contributed by atoms with E-state index in [0.717, 1.165) is 15.7 Å². The maximum Gasteiger partial charge on any atom is 0.0791 e. The molecule has 2 aromatic heterocycles. The van der Waals surface area contributed by atoms with Crippen LogP contribution in [0.1, 0.15) is 22.9 Å². The number of rotatable bonds is 4. The molecule has 2 aromatic carbocycles. The van der Waals surface area contributed by atoms with Gasteiger partial charge in [0.05, 0.1) is 6.04 Å². The molecule has 2 heterocycles. The number of anilines is 1. The van der Waals surface area contributed by atoms with E-state index in [-0.39, 0.29) is 6.04 Å². The first-order chi connectivity index (χ1) is 12.2. The van der Waals surface area contributed by atoms with Gasteiger partial charge in [-0.05, 0) is 55.0 Å². The van der Waals surface area contributed by atoms with Crippen LogP contribution in [0.25, 0.3) is 10.9 Å². The van der Waals surface area contributed by atoms with E-state index in [0.29, 0.717) is 0 Å². The molecule has 4 heteroatoms. The van der Waals surface area contributed by atoms with E-state index in [1.165, 1.54) is 22.2 Å². The summed E-state index contributed by atoms with van der Waals surface area (Å²) in [6, 6.07) is 20.9. The molecule has 124 valence electrons. The summed E-state index contributed by atoms with van der Waals surface area (Å²) in [7, 11) is 0. The van der Waals surface area contributed by atoms with Crippen molar-refractivity contribution >= 4 is 32.5 Å². The topological polar surface area (TPSA) is 40.7 Å². The normalized spacial score (nSPS) is 12.2. The molecule has 0 radical (unpaired) electrons. The van der Waals surface area contributed by atoms with Crippen LogP contribution in [0.4, 0.5) is 5.69 Å². The average molecular weight is 392 g/mol. The lowest BCUT2D eigenvalue weighted by Crippen LogP contribution is -2.13. The highest BCUT2D eigenvalue weighted by Crippen LogP contribution is 2.34. The van der Waals surface area contributed by atoms with Crippen molar-refractivity contribution in [3.05, 3.63) is 94.4 Å². The van der Waals surface area contributed by atoms with Crippen LogP contribution in [0.15, 0.2) is 77.5 Å². The molecule has 2 N–H and O–H groups in total. The maximum atomic E-state index is 4.17. The van der Waals surface area contributed by atoms with Crippen LogP contribution >= 0.6 is 15.9 Å². The van der Waals surface area contributed by atoms with Crippen molar-refractivity contribution in [2.24, 2.45) is 0 Å². The minimum atomic E-state index is 0.0420. The third-order valence-corrected chi connectivity index (χ3v) is 4.96. The fourth-order valence-electron chi connectivity index (χ4n) is 3.26. The second-order valence-corrected chi connectivity index (χ2v) is 6.99. The Bertz CT molecular complexity index is 991. The minimum absolute atomic E-state index is 0.0420. The Morgan fingerprint density at radius 2 is 1.68 bits per heavy atom. The van der Waals surface area contributed by atoms with Crippen molar-refractivity contribution in [3.63, 3.8) is 0 Å². The SMILES string of the molecule is Cc1[nH]c2ccccc2c1[C@@H](Nc1ccc(Br)cc1)c1ccncc1. The average Bonchev–Trinajstić information content (AvgIpc) is 2.98. The molecule has 0 unspecified atom stereocenters. The number of hydrogen-bond donors (Lipinski definition) is 2. The fourth-order valence-corrected chi connectivity index (χ4v) is 3.53. The Balaban J connectivity index is 1.85. The quantitative estimate of drug-likeness (QED) is 0.458. The van der Waals surface area contributed by atoms with E-state index in [2.05, 4.69) is 86.7 Å². The van der Waals surface area contributed by atoms with Gasteiger partial charge >= 0.3 is 0 Å². The van der Waals surface area contributed by atoms with E-state index in [1.807, 2.05) is 24.5 Å². The molecule has 4 rings (SSSR count). The molecular weight excluding hydrogens is 374 g/mol. The van der Waals surface area contributed by atoms with Crippen LogP contribution in [0.5, 0.6) is 0 Å². The number of para-hydroxylation sites is 1. The molecule has 0 saturated heterocycles. The molecule has 0 aliphatic heterocycles. The van der Waals surface area contributed by atoms with Crippen LogP contribution in [0, 0.1) is 6.92 Å². The monoisotopic (exact) mass is 391 g/mol. The molecule has 4 aromatic rings. The zero-order valence-electron chi connectivity index (χ0n) is 13.8. The van der Waals surface area contributed by atoms with Gasteiger partial charge in [-0.2, -0.15) is 0 Å². The Morgan fingerprint density at radius 3 is 2.44 bits per heavy atom. The van der Waals surface area contributed by atoms with Gasteiger partial charge in [-0.1, -0.05) is 34.1 Å². The fraction of sp³-hybridized carbons (Fsp3) is 0.0952. The molecular formula is C21H18BrN3. The smallest absolute Gasteiger partial charge is 0.0791 e. The van der Waals surface area contributed by atoms with Crippen LogP contribution in [-0.2, 0) is 0 Å². The van der Waals surface area contributed by atoms with Crippen LogP contribution < -0.4 is 5.32 Å². The van der Waals surface area contributed by atoms with Gasteiger partial charge in [0, 0.05) is 44.7 Å². The Labute approximate surface area is 155 Å². The predicted molar refractivity (Wildman–Crippen MR) is 107 cm³/mol. The largest absolute Gasteiger partial charge is 0.374 e. The first kappa shape index (κ1) is 15.9. The van der Waals surface area contributed by atoms with E-state index in [9.17, 15) is 0 Å². The van der Waals surface area contributed by atoms with Crippen LogP contribution in [0.2, 0.25) is 0 Å². The summed E-state index contributed by atoms with van der Waals surface area (Å²) < 4.78 is 1.07. The third-order valence-electron chi connectivity index (χ3n) is 4.43. The Kier molecular flexibility index (Phi) is 4.28. The van der Waals surface area contributed by atoms with Crippen molar-refractivity contribution in [1.29, 1.82) is 0 Å². The number of nitrogens with zero attached hydrogens (tertiary/aromatic N) is 1. The number of halogens is 1. The first-order valence-corrected chi connectivity index (χ1v) is 9.01. The number of benzene rings is 2. The number of fused-ring (bicyclic) bond motifs is 1. The molecule has 0 saturated carbocycles. The van der Waals surface area contributed by atoms with Gasteiger partial charge in [-0.3, -0.25) is 4.98 Å². The lowest BCUT2D eigenvalue weighted by Gasteiger charge is -2.21. The van der Waals surface area contributed by atoms with Gasteiger partial charge in [0.2, 0.25) is 0 Å². The molecule has 3 nitrogen and oxygen atoms in total. The third kappa shape index (κ3) is 3.17. The highest BCUT2D eigenvalue weighted by Gasteiger charge is 2.20. The number of aryl methyl sites for hydroxylation is 1. The number of aromatic nitrogens is 2. The van der Waals surface area contributed by atoms with E-state index < -0.39 is 0 Å². The molecule has 0 bridgehead atoms. The summed E-state index contributed by atoms with van der Waals surface area (Å²) in [5.74, 6) is 0. The van der Waals surface area contributed by atoms with Gasteiger partial charge in [0.25, 0.3) is 0 Å². The number of aromatic amines is 1. The van der Waals surface area contributed by atoms with E-state index in [4.69, 9.17) is 0 Å². The molecule has 25 heavy (non-hydrogen) atoms. The molecule has 0 spiro atoms. The highest BCUT2D eigenvalue weighted by atomic mass is 79.9. The van der Waals surface area contributed by atoms with Gasteiger partial charge in [0.1, 0.15) is 0 Å². The van der Waals surface area contributed by atoms with Crippen molar-refractivity contribution in [2.45, 2.75) is 13.0 Å². The summed E-state index contributed by atoms with van der Waals surface area (Å²) >= 11 is 3.50. The van der Waals surface area contributed by atoms with Crippen molar-refractivity contribution in [1.82, 2.24) is 9.97 Å². The number of nitrogens with one attached hydrogen (secondary N) is 2. The molecule has 0 aliphatic rings. The Morgan fingerprint density at radius 1 is 0.960 bits per heavy atom. The van der Waals surface area contributed by atoms with Crippen molar-refractivity contribution < 1.29 is 0 Å². The number of pyridine rings is 1. The van der Waals surface area contributed by atoms with Crippen LogP contribution in [0.3, 0.4) is 0 Å². The minimum Gasteiger partial charge on any atom is -0.374 e. The first-order valence-electron chi connectivity index (χ1n) is 8.21. The van der Waals surface area contributed by atoms with Crippen LogP contribution in [-0.4, -0.2) is 9.97 Å². The van der Waals surface area contributed by atoms with Gasteiger partial charge in [0.15, 0.2) is 0 Å². The summed E-state index contributed by atoms with van der Waals surface area (Å²) in [4.78, 5) is 7.68. The van der Waals surface area contributed by atoms with Gasteiger partial charge < -0.3 is 10.3 Å². The predicted octanol–water partition coefficient (Wildman–Crippen LogP) is 5.84.